The van der Waals surface area contributed by atoms with E-state index in [1.54, 1.807) is 0 Å². The molecule has 10 nitrogen and oxygen atoms in total. The number of methoxy groups -OCH3 is 1. The number of amides is 1. The molecule has 0 aromatic rings. The maximum atomic E-state index is 12.7. The molecular weight excluding hydrogens is 446 g/mol. The minimum atomic E-state index is -1.14. The second kappa shape index (κ2) is 14.3. The Morgan fingerprint density at radius 2 is 1.76 bits per heavy atom. The monoisotopic (exact) mass is 489 g/mol. The third-order valence-corrected chi connectivity index (χ3v) is 6.85. The van der Waals surface area contributed by atoms with E-state index >= 15 is 0 Å². The van der Waals surface area contributed by atoms with E-state index in [0.29, 0.717) is 17.8 Å². The maximum Gasteiger partial charge on any atom is 0.407 e. The Labute approximate surface area is 202 Å². The van der Waals surface area contributed by atoms with E-state index in [1.165, 1.54) is 19.1 Å². The molecule has 0 heterocycles. The lowest BCUT2D eigenvalue weighted by molar-refractivity contribution is -0.0672. The number of fused-ring (bicyclic) bond motifs is 1. The lowest BCUT2D eigenvalue weighted by Gasteiger charge is -2.56. The summed E-state index contributed by atoms with van der Waals surface area (Å²) in [5, 5.41) is 30.8. The molecule has 10 heteroatoms. The van der Waals surface area contributed by atoms with Gasteiger partial charge in [0.15, 0.2) is 0 Å². The fourth-order valence-electron chi connectivity index (χ4n) is 4.80. The average molecular weight is 490 g/mol. The number of carbonyl (C=O) groups is 1. The van der Waals surface area contributed by atoms with E-state index in [0.717, 1.165) is 12.3 Å². The van der Waals surface area contributed by atoms with E-state index in [1.807, 2.05) is 0 Å². The standard InChI is InChI=1S/C24H43NO9/c1-23(2)19-5-4-18(21(23)12-19)6-9-34-22(29)25-24(15-31-10-7-26,16-32-11-8-27)17-33-14-20(28)13-30-3/h4,19-21,26-28H,5-17H2,1-3H3,(H,25,29). The highest BCUT2D eigenvalue weighted by molar-refractivity contribution is 5.68. The van der Waals surface area contributed by atoms with Crippen molar-refractivity contribution in [3.8, 4) is 0 Å². The first-order valence-corrected chi connectivity index (χ1v) is 12.0. The molecule has 3 rings (SSSR count). The average Bonchev–Trinajstić information content (AvgIpc) is 2.79. The van der Waals surface area contributed by atoms with E-state index in [2.05, 4.69) is 25.2 Å². The van der Waals surface area contributed by atoms with Crippen LogP contribution < -0.4 is 5.32 Å². The Bertz CT molecular complexity index is 630. The van der Waals surface area contributed by atoms with E-state index in [9.17, 15) is 9.90 Å². The van der Waals surface area contributed by atoms with Crippen molar-refractivity contribution in [2.45, 2.75) is 44.8 Å². The topological polar surface area (TPSA) is 136 Å². The lowest BCUT2D eigenvalue weighted by atomic mass is 9.48. The predicted molar refractivity (Wildman–Crippen MR) is 124 cm³/mol. The molecule has 0 aromatic carbocycles. The summed E-state index contributed by atoms with van der Waals surface area (Å²) in [7, 11) is 1.48. The molecule has 3 aliphatic carbocycles. The number of rotatable bonds is 18. The Hall–Kier alpha value is -1.27. The molecule has 0 radical (unpaired) electrons. The number of allylic oxidation sites excluding steroid dienone is 1. The molecule has 2 bridgehead atoms. The van der Waals surface area contributed by atoms with Crippen molar-refractivity contribution in [1.82, 2.24) is 5.32 Å². The molecule has 1 fully saturated rings. The number of aliphatic hydroxyl groups is 3. The molecule has 0 aliphatic heterocycles. The molecule has 4 N–H and O–H groups in total. The third-order valence-electron chi connectivity index (χ3n) is 6.85. The SMILES string of the molecule is COCC(O)COCC(COCCO)(COCCO)NC(=O)OCCC1=CCC2CC1C2(C)C. The highest BCUT2D eigenvalue weighted by Gasteiger charge is 2.50. The van der Waals surface area contributed by atoms with E-state index in [-0.39, 0.29) is 66.1 Å². The second-order valence-electron chi connectivity index (χ2n) is 9.79. The van der Waals surface area contributed by atoms with E-state index in [4.69, 9.17) is 33.9 Å². The van der Waals surface area contributed by atoms with Gasteiger partial charge in [-0.25, -0.2) is 4.79 Å². The van der Waals surface area contributed by atoms with Crippen LogP contribution in [0.4, 0.5) is 4.79 Å². The fourth-order valence-corrected chi connectivity index (χ4v) is 4.80. The van der Waals surface area contributed by atoms with Crippen LogP contribution in [0.3, 0.4) is 0 Å². The summed E-state index contributed by atoms with van der Waals surface area (Å²) in [6.07, 6.45) is 3.83. The second-order valence-corrected chi connectivity index (χ2v) is 9.79. The quantitative estimate of drug-likeness (QED) is 0.163. The highest BCUT2D eigenvalue weighted by atomic mass is 16.6. The van der Waals surface area contributed by atoms with Gasteiger partial charge in [-0.05, 0) is 30.1 Å². The largest absolute Gasteiger partial charge is 0.449 e. The first kappa shape index (κ1) is 29.0. The molecule has 3 unspecified atom stereocenters. The van der Waals surface area contributed by atoms with Gasteiger partial charge >= 0.3 is 6.09 Å². The molecule has 3 atom stereocenters. The molecule has 0 spiro atoms. The summed E-state index contributed by atoms with van der Waals surface area (Å²) < 4.78 is 27.0. The molecule has 0 saturated heterocycles. The first-order valence-electron chi connectivity index (χ1n) is 12.0. The summed E-state index contributed by atoms with van der Waals surface area (Å²) >= 11 is 0. The highest BCUT2D eigenvalue weighted by Crippen LogP contribution is 2.59. The molecule has 1 amide bonds. The van der Waals surface area contributed by atoms with Crippen LogP contribution in [0, 0.1) is 17.3 Å². The number of hydrogen-bond donors (Lipinski definition) is 4. The van der Waals surface area contributed by atoms with Crippen molar-refractivity contribution in [3.05, 3.63) is 11.6 Å². The normalized spacial score (nSPS) is 22.0. The Morgan fingerprint density at radius 3 is 2.32 bits per heavy atom. The molecule has 1 saturated carbocycles. The number of hydrogen-bond acceptors (Lipinski definition) is 9. The smallest absolute Gasteiger partial charge is 0.407 e. The predicted octanol–water partition coefficient (Wildman–Crippen LogP) is 0.876. The fraction of sp³-hybridized carbons (Fsp3) is 0.875. The van der Waals surface area contributed by atoms with Crippen LogP contribution in [0.15, 0.2) is 11.6 Å². The molecule has 3 aliphatic rings. The lowest BCUT2D eigenvalue weighted by Crippen LogP contribution is -2.59. The third kappa shape index (κ3) is 8.44. The Balaban J connectivity index is 1.93. The summed E-state index contributed by atoms with van der Waals surface area (Å²) in [6.45, 7) is 4.67. The van der Waals surface area contributed by atoms with Gasteiger partial charge in [-0.3, -0.25) is 0 Å². The van der Waals surface area contributed by atoms with Crippen LogP contribution in [0.5, 0.6) is 0 Å². The van der Waals surface area contributed by atoms with Gasteiger partial charge in [-0.1, -0.05) is 25.5 Å². The van der Waals surface area contributed by atoms with Crippen molar-refractivity contribution < 1.29 is 43.8 Å². The number of ether oxygens (including phenoxy) is 5. The van der Waals surface area contributed by atoms with Gasteiger partial charge < -0.3 is 44.3 Å². The van der Waals surface area contributed by atoms with Crippen molar-refractivity contribution in [3.63, 3.8) is 0 Å². The van der Waals surface area contributed by atoms with Gasteiger partial charge in [0.1, 0.15) is 11.6 Å². The zero-order valence-electron chi connectivity index (χ0n) is 20.8. The zero-order valence-corrected chi connectivity index (χ0v) is 20.8. The molecule has 198 valence electrons. The molecular formula is C24H43NO9. The summed E-state index contributed by atoms with van der Waals surface area (Å²) in [4.78, 5) is 12.7. The summed E-state index contributed by atoms with van der Waals surface area (Å²) in [6, 6.07) is 0. The Kier molecular flexibility index (Phi) is 12.2. The van der Waals surface area contributed by atoms with Crippen LogP contribution in [-0.2, 0) is 23.7 Å². The van der Waals surface area contributed by atoms with Gasteiger partial charge in [-0.2, -0.15) is 0 Å². The van der Waals surface area contributed by atoms with Gasteiger partial charge in [-0.15, -0.1) is 0 Å². The molecule has 0 aromatic heterocycles. The van der Waals surface area contributed by atoms with Crippen molar-refractivity contribution in [1.29, 1.82) is 0 Å². The van der Waals surface area contributed by atoms with Crippen LogP contribution in [0.25, 0.3) is 0 Å². The summed E-state index contributed by atoms with van der Waals surface area (Å²) in [5.41, 5.74) is 0.543. The van der Waals surface area contributed by atoms with E-state index < -0.39 is 17.7 Å². The maximum absolute atomic E-state index is 12.7. The molecule has 34 heavy (non-hydrogen) atoms. The van der Waals surface area contributed by atoms with Gasteiger partial charge in [0.05, 0.1) is 66.1 Å². The van der Waals surface area contributed by atoms with Crippen molar-refractivity contribution >= 4 is 6.09 Å². The minimum absolute atomic E-state index is 0.0152. The van der Waals surface area contributed by atoms with Crippen molar-refractivity contribution in [2.24, 2.45) is 17.3 Å². The number of nitrogens with one attached hydrogen (secondary N) is 1. The number of aliphatic hydroxyl groups excluding tert-OH is 3. The van der Waals surface area contributed by atoms with Crippen molar-refractivity contribution in [2.75, 3.05) is 73.2 Å². The number of alkyl carbamates (subject to hydrolysis) is 1. The number of carbonyl (C=O) groups excluding carboxylic acids is 1. The first-order chi connectivity index (χ1) is 16.3. The van der Waals surface area contributed by atoms with Gasteiger partial charge in [0, 0.05) is 13.5 Å². The van der Waals surface area contributed by atoms with Gasteiger partial charge in [0.25, 0.3) is 0 Å². The Morgan fingerprint density at radius 1 is 1.12 bits per heavy atom. The zero-order chi connectivity index (χ0) is 25.0. The van der Waals surface area contributed by atoms with Crippen LogP contribution >= 0.6 is 0 Å². The van der Waals surface area contributed by atoms with Crippen LogP contribution in [0.1, 0.15) is 33.1 Å². The van der Waals surface area contributed by atoms with Gasteiger partial charge in [0.2, 0.25) is 0 Å². The van der Waals surface area contributed by atoms with Crippen LogP contribution in [-0.4, -0.2) is 106 Å². The minimum Gasteiger partial charge on any atom is -0.449 e. The van der Waals surface area contributed by atoms with Crippen LogP contribution in [0.2, 0.25) is 0 Å². The summed E-state index contributed by atoms with van der Waals surface area (Å²) in [5.74, 6) is 1.31.